The first kappa shape index (κ1) is 21.0. The molecule has 1 aromatic carbocycles. The topological polar surface area (TPSA) is 72.2 Å². The number of aromatic nitrogens is 2. The summed E-state index contributed by atoms with van der Waals surface area (Å²) in [5, 5.41) is 10.2. The Kier molecular flexibility index (Phi) is 6.05. The average molecular weight is 435 g/mol. The highest BCUT2D eigenvalue weighted by Gasteiger charge is 2.22. The molecule has 8 heteroatoms. The molecule has 2 aromatic heterocycles. The quantitative estimate of drug-likeness (QED) is 0.575. The Morgan fingerprint density at radius 2 is 1.90 bits per heavy atom. The van der Waals surface area contributed by atoms with Gasteiger partial charge in [-0.1, -0.05) is 35.3 Å². The molecule has 0 aliphatic heterocycles. The molecule has 5 nitrogen and oxygen atoms in total. The molecule has 29 heavy (non-hydrogen) atoms. The summed E-state index contributed by atoms with van der Waals surface area (Å²) < 4.78 is 15.6. The number of hydrogen-bond donors (Lipinski definition) is 1. The van der Waals surface area contributed by atoms with Crippen molar-refractivity contribution in [3.63, 3.8) is 0 Å². The summed E-state index contributed by atoms with van der Waals surface area (Å²) in [7, 11) is 0. The van der Waals surface area contributed by atoms with E-state index in [0.717, 1.165) is 0 Å². The van der Waals surface area contributed by atoms with Gasteiger partial charge in [0.1, 0.15) is 5.56 Å². The first-order valence-electron chi connectivity index (χ1n) is 8.80. The Balaban J connectivity index is 2.27. The fraction of sp³-hybridized carbons (Fsp3) is 0.190. The maximum Gasteiger partial charge on any atom is 0.341 e. The second kappa shape index (κ2) is 8.35. The third-order valence-electron chi connectivity index (χ3n) is 4.58. The summed E-state index contributed by atoms with van der Waals surface area (Å²) in [6.07, 6.45) is 0.161. The number of hydrogen-bond acceptors (Lipinski definition) is 3. The van der Waals surface area contributed by atoms with Crippen LogP contribution in [0.1, 0.15) is 34.2 Å². The first-order chi connectivity index (χ1) is 13.7. The van der Waals surface area contributed by atoms with Gasteiger partial charge in [0.25, 0.3) is 0 Å². The summed E-state index contributed by atoms with van der Waals surface area (Å²) in [5.41, 5.74) is 1.01. The molecule has 3 rings (SSSR count). The maximum absolute atomic E-state index is 13.9. The fourth-order valence-electron chi connectivity index (χ4n) is 3.18. The first-order valence-corrected chi connectivity index (χ1v) is 9.56. The van der Waals surface area contributed by atoms with Crippen LogP contribution in [0, 0.1) is 12.9 Å². The van der Waals surface area contributed by atoms with E-state index >= 15 is 0 Å². The lowest BCUT2D eigenvalue weighted by Gasteiger charge is -2.20. The van der Waals surface area contributed by atoms with Crippen molar-refractivity contribution in [3.8, 4) is 11.3 Å². The normalized spacial score (nSPS) is 10.9. The molecular weight excluding hydrogens is 418 g/mol. The van der Waals surface area contributed by atoms with E-state index in [4.69, 9.17) is 23.2 Å². The predicted octanol–water partition coefficient (Wildman–Crippen LogP) is 4.97. The number of rotatable bonds is 5. The van der Waals surface area contributed by atoms with Crippen molar-refractivity contribution in [2.75, 3.05) is 0 Å². The van der Waals surface area contributed by atoms with E-state index < -0.39 is 17.3 Å². The van der Waals surface area contributed by atoms with Gasteiger partial charge in [0.2, 0.25) is 5.95 Å². The Hall–Kier alpha value is -2.70. The Morgan fingerprint density at radius 3 is 2.48 bits per heavy atom. The van der Waals surface area contributed by atoms with E-state index in [2.05, 4.69) is 4.98 Å². The largest absolute Gasteiger partial charge is 0.477 e. The summed E-state index contributed by atoms with van der Waals surface area (Å²) >= 11 is 12.1. The van der Waals surface area contributed by atoms with Crippen LogP contribution < -0.4 is 5.43 Å². The highest BCUT2D eigenvalue weighted by Crippen LogP contribution is 2.31. The van der Waals surface area contributed by atoms with Crippen molar-refractivity contribution < 1.29 is 14.3 Å². The van der Waals surface area contributed by atoms with Crippen molar-refractivity contribution in [3.05, 3.63) is 85.1 Å². The molecular formula is C21H17Cl2FN2O3. The molecule has 0 spiro atoms. The number of halogens is 3. The minimum atomic E-state index is -1.34. The van der Waals surface area contributed by atoms with E-state index in [1.165, 1.54) is 12.1 Å². The summed E-state index contributed by atoms with van der Waals surface area (Å²) in [4.78, 5) is 28.4. The van der Waals surface area contributed by atoms with E-state index in [-0.39, 0.29) is 22.7 Å². The van der Waals surface area contributed by atoms with Crippen molar-refractivity contribution in [2.24, 2.45) is 0 Å². The van der Waals surface area contributed by atoms with Crippen molar-refractivity contribution in [1.29, 1.82) is 0 Å². The van der Waals surface area contributed by atoms with Gasteiger partial charge in [-0.2, -0.15) is 4.39 Å². The molecule has 1 N–H and O–H groups in total. The van der Waals surface area contributed by atoms with Crippen LogP contribution in [0.3, 0.4) is 0 Å². The second-order valence-electron chi connectivity index (χ2n) is 6.49. The molecule has 0 aliphatic carbocycles. The third kappa shape index (κ3) is 4.18. The van der Waals surface area contributed by atoms with Gasteiger partial charge in [-0.15, -0.1) is 0 Å². The second-order valence-corrected chi connectivity index (χ2v) is 7.30. The molecule has 0 unspecified atom stereocenters. The van der Waals surface area contributed by atoms with Crippen molar-refractivity contribution >= 4 is 29.2 Å². The van der Waals surface area contributed by atoms with Gasteiger partial charge in [-0.25, -0.2) is 9.78 Å². The third-order valence-corrected chi connectivity index (χ3v) is 5.31. The van der Waals surface area contributed by atoms with Gasteiger partial charge in [0.15, 0.2) is 5.43 Å². The maximum atomic E-state index is 13.9. The molecule has 0 saturated heterocycles. The van der Waals surface area contributed by atoms with Crippen LogP contribution in [0.15, 0.2) is 41.2 Å². The number of aromatic carboxylic acids is 1. The Labute approximate surface area is 176 Å². The molecule has 150 valence electrons. The van der Waals surface area contributed by atoms with Gasteiger partial charge in [0, 0.05) is 41.5 Å². The number of aryl methyl sites for hydroxylation is 1. The van der Waals surface area contributed by atoms with E-state index in [0.29, 0.717) is 34.1 Å². The van der Waals surface area contributed by atoms with Gasteiger partial charge in [-0.3, -0.25) is 4.79 Å². The molecule has 0 radical (unpaired) electrons. The number of carboxylic acids is 1. The molecule has 0 atom stereocenters. The minimum absolute atomic E-state index is 0.161. The zero-order valence-corrected chi connectivity index (χ0v) is 17.2. The van der Waals surface area contributed by atoms with E-state index in [1.54, 1.807) is 35.8 Å². The van der Waals surface area contributed by atoms with Gasteiger partial charge in [-0.05, 0) is 32.0 Å². The van der Waals surface area contributed by atoms with Gasteiger partial charge < -0.3 is 9.67 Å². The molecule has 0 fully saturated rings. The van der Waals surface area contributed by atoms with Crippen molar-refractivity contribution in [2.45, 2.75) is 26.8 Å². The predicted molar refractivity (Wildman–Crippen MR) is 111 cm³/mol. The molecule has 0 amide bonds. The molecule has 0 aliphatic rings. The lowest BCUT2D eigenvalue weighted by molar-refractivity contribution is 0.0695. The highest BCUT2D eigenvalue weighted by molar-refractivity contribution is 6.42. The van der Waals surface area contributed by atoms with Gasteiger partial charge >= 0.3 is 5.97 Å². The van der Waals surface area contributed by atoms with Crippen LogP contribution in [0.4, 0.5) is 4.39 Å². The monoisotopic (exact) mass is 434 g/mol. The molecule has 3 aromatic rings. The summed E-state index contributed by atoms with van der Waals surface area (Å²) in [5.74, 6) is -1.93. The zero-order chi connectivity index (χ0) is 21.3. The average Bonchev–Trinajstić information content (AvgIpc) is 2.66. The molecule has 0 bridgehead atoms. The van der Waals surface area contributed by atoms with E-state index in [9.17, 15) is 19.1 Å². The van der Waals surface area contributed by atoms with E-state index in [1.807, 2.05) is 6.92 Å². The number of nitrogens with zero attached hydrogens (tertiary/aromatic N) is 2. The number of benzene rings is 1. The number of pyridine rings is 2. The molecule has 2 heterocycles. The number of carboxylic acid groups (broad SMARTS) is 1. The van der Waals surface area contributed by atoms with Crippen LogP contribution >= 0.6 is 23.2 Å². The van der Waals surface area contributed by atoms with Crippen LogP contribution in [-0.2, 0) is 13.0 Å². The lowest BCUT2D eigenvalue weighted by atomic mass is 10.0. The van der Waals surface area contributed by atoms with Crippen LogP contribution in [0.25, 0.3) is 11.3 Å². The Bertz CT molecular complexity index is 1180. The minimum Gasteiger partial charge on any atom is -0.477 e. The van der Waals surface area contributed by atoms with Crippen LogP contribution in [0.5, 0.6) is 0 Å². The highest BCUT2D eigenvalue weighted by atomic mass is 35.5. The zero-order valence-electron chi connectivity index (χ0n) is 15.7. The van der Waals surface area contributed by atoms with Crippen LogP contribution in [-0.4, -0.2) is 20.6 Å². The summed E-state index contributed by atoms with van der Waals surface area (Å²) in [6.45, 7) is 3.81. The summed E-state index contributed by atoms with van der Waals surface area (Å²) in [6, 6.07) is 9.21. The SMILES string of the molecule is CCn1c(Cc2ccc(C)c(F)n2)cc(=O)c(C(=O)O)c1-c1ccc(Cl)c(Cl)c1. The fourth-order valence-corrected chi connectivity index (χ4v) is 3.48. The number of carbonyl (C=O) groups is 1. The van der Waals surface area contributed by atoms with Crippen LogP contribution in [0.2, 0.25) is 10.0 Å². The lowest BCUT2D eigenvalue weighted by Crippen LogP contribution is -2.23. The molecule has 0 saturated carbocycles. The van der Waals surface area contributed by atoms with Crippen molar-refractivity contribution in [1.82, 2.24) is 9.55 Å². The smallest absolute Gasteiger partial charge is 0.341 e. The standard InChI is InChI=1S/C21H17Cl2FN2O3/c1-3-26-14(9-13-6-4-11(2)20(24)25-13)10-17(27)18(21(28)29)19(26)12-5-7-15(22)16(23)8-12/h4-8,10H,3,9H2,1-2H3,(H,28,29). The Morgan fingerprint density at radius 1 is 1.17 bits per heavy atom. The van der Waals surface area contributed by atoms with Gasteiger partial charge in [0.05, 0.1) is 15.7 Å².